The third-order valence-corrected chi connectivity index (χ3v) is 1.90. The zero-order valence-corrected chi connectivity index (χ0v) is 9.92. The zero-order chi connectivity index (χ0) is 11.4. The van der Waals surface area contributed by atoms with Crippen LogP contribution in [-0.4, -0.2) is 44.0 Å². The summed E-state index contributed by atoms with van der Waals surface area (Å²) in [6.45, 7) is 7.52. The van der Waals surface area contributed by atoms with Crippen molar-refractivity contribution in [3.8, 4) is 0 Å². The predicted molar refractivity (Wildman–Crippen MR) is 59.0 cm³/mol. The van der Waals surface area contributed by atoms with Gasteiger partial charge in [0.1, 0.15) is 0 Å². The average Bonchev–Trinajstić information content (AvgIpc) is 1.97. The lowest BCUT2D eigenvalue weighted by molar-refractivity contribution is -0.122. The Morgan fingerprint density at radius 1 is 1.50 bits per heavy atom. The van der Waals surface area contributed by atoms with Gasteiger partial charge in [-0.1, -0.05) is 13.8 Å². The lowest BCUT2D eigenvalue weighted by Crippen LogP contribution is -2.45. The molecule has 0 aromatic rings. The van der Waals surface area contributed by atoms with Gasteiger partial charge in [0.05, 0.1) is 6.04 Å². The van der Waals surface area contributed by atoms with E-state index in [0.29, 0.717) is 6.54 Å². The molecule has 84 valence electrons. The summed E-state index contributed by atoms with van der Waals surface area (Å²) in [7, 11) is 4.05. The minimum Gasteiger partial charge on any atom is -0.354 e. The molecule has 0 saturated carbocycles. The fourth-order valence-corrected chi connectivity index (χ4v) is 1.40. The van der Waals surface area contributed by atoms with Gasteiger partial charge in [0, 0.05) is 13.1 Å². The van der Waals surface area contributed by atoms with Crippen LogP contribution >= 0.6 is 0 Å². The molecule has 0 rings (SSSR count). The molecule has 0 aliphatic heterocycles. The van der Waals surface area contributed by atoms with Crippen LogP contribution in [0.15, 0.2) is 0 Å². The van der Waals surface area contributed by atoms with E-state index in [1.165, 1.54) is 0 Å². The summed E-state index contributed by atoms with van der Waals surface area (Å²) >= 11 is 0. The molecule has 0 saturated heterocycles. The smallest absolute Gasteiger partial charge is 0.236 e. The van der Waals surface area contributed by atoms with Crippen LogP contribution in [0.4, 0.5) is 0 Å². The number of carbonyl (C=O) groups excluding carboxylic acids is 1. The Hall–Kier alpha value is -0.610. The first-order valence-electron chi connectivity index (χ1n) is 4.92. The SMILES string of the molecule is C[C@@H](N)C(=O)NCC(C)(C)CN(C)C. The van der Waals surface area contributed by atoms with Crippen LogP contribution < -0.4 is 11.1 Å². The van der Waals surface area contributed by atoms with Gasteiger partial charge in [0.2, 0.25) is 5.91 Å². The first kappa shape index (κ1) is 13.4. The van der Waals surface area contributed by atoms with Gasteiger partial charge in [-0.15, -0.1) is 0 Å². The number of hydrogen-bond donors (Lipinski definition) is 2. The Balaban J connectivity index is 3.92. The minimum atomic E-state index is -0.426. The van der Waals surface area contributed by atoms with Crippen LogP contribution in [-0.2, 0) is 4.79 Å². The van der Waals surface area contributed by atoms with E-state index in [1.807, 2.05) is 14.1 Å². The van der Waals surface area contributed by atoms with Gasteiger partial charge in [-0.05, 0) is 26.4 Å². The molecule has 0 aromatic heterocycles. The largest absolute Gasteiger partial charge is 0.354 e. The second-order valence-electron chi connectivity index (χ2n) is 4.91. The average molecular weight is 201 g/mol. The van der Waals surface area contributed by atoms with Crippen molar-refractivity contribution in [2.45, 2.75) is 26.8 Å². The van der Waals surface area contributed by atoms with Crippen LogP contribution in [0.25, 0.3) is 0 Å². The van der Waals surface area contributed by atoms with Gasteiger partial charge in [-0.2, -0.15) is 0 Å². The van der Waals surface area contributed by atoms with Crippen LogP contribution in [0.1, 0.15) is 20.8 Å². The maximum Gasteiger partial charge on any atom is 0.236 e. The van der Waals surface area contributed by atoms with E-state index in [2.05, 4.69) is 24.1 Å². The highest BCUT2D eigenvalue weighted by Crippen LogP contribution is 2.13. The topological polar surface area (TPSA) is 58.4 Å². The summed E-state index contributed by atoms with van der Waals surface area (Å²) in [5, 5.41) is 2.84. The number of carbonyl (C=O) groups is 1. The molecule has 1 atom stereocenters. The Labute approximate surface area is 86.8 Å². The van der Waals surface area contributed by atoms with Crippen LogP contribution in [0.2, 0.25) is 0 Å². The quantitative estimate of drug-likeness (QED) is 0.660. The molecule has 0 aliphatic rings. The van der Waals surface area contributed by atoms with Crippen molar-refractivity contribution in [3.63, 3.8) is 0 Å². The zero-order valence-electron chi connectivity index (χ0n) is 9.92. The maximum absolute atomic E-state index is 11.2. The van der Waals surface area contributed by atoms with Crippen LogP contribution in [0.5, 0.6) is 0 Å². The molecule has 0 bridgehead atoms. The molecule has 0 fully saturated rings. The molecule has 1 amide bonds. The molecule has 0 unspecified atom stereocenters. The third kappa shape index (κ3) is 5.94. The minimum absolute atomic E-state index is 0.0774. The standard InChI is InChI=1S/C10H23N3O/c1-8(11)9(14)12-6-10(2,3)7-13(4)5/h8H,6-7,11H2,1-5H3,(H,12,14)/t8-/m1/s1. The van der Waals surface area contributed by atoms with E-state index >= 15 is 0 Å². The molecule has 0 radical (unpaired) electrons. The molecule has 0 aliphatic carbocycles. The highest BCUT2D eigenvalue weighted by atomic mass is 16.2. The highest BCUT2D eigenvalue weighted by molar-refractivity contribution is 5.80. The second kappa shape index (κ2) is 5.32. The fraction of sp³-hybridized carbons (Fsp3) is 0.900. The molecule has 4 nitrogen and oxygen atoms in total. The Morgan fingerprint density at radius 3 is 2.36 bits per heavy atom. The van der Waals surface area contributed by atoms with Crippen molar-refractivity contribution < 1.29 is 4.79 Å². The van der Waals surface area contributed by atoms with Crippen LogP contribution in [0.3, 0.4) is 0 Å². The fourth-order valence-electron chi connectivity index (χ4n) is 1.40. The summed E-state index contributed by atoms with van der Waals surface area (Å²) in [6.07, 6.45) is 0. The van der Waals surface area contributed by atoms with Crippen molar-refractivity contribution in [1.29, 1.82) is 0 Å². The monoisotopic (exact) mass is 201 g/mol. The number of nitrogens with one attached hydrogen (secondary N) is 1. The maximum atomic E-state index is 11.2. The van der Waals surface area contributed by atoms with E-state index < -0.39 is 6.04 Å². The van der Waals surface area contributed by atoms with Crippen molar-refractivity contribution in [2.75, 3.05) is 27.2 Å². The van der Waals surface area contributed by atoms with E-state index in [4.69, 9.17) is 5.73 Å². The van der Waals surface area contributed by atoms with Gasteiger partial charge in [-0.25, -0.2) is 0 Å². The van der Waals surface area contributed by atoms with Crippen molar-refractivity contribution in [3.05, 3.63) is 0 Å². The lowest BCUT2D eigenvalue weighted by Gasteiger charge is -2.28. The molecule has 14 heavy (non-hydrogen) atoms. The number of nitrogens with zero attached hydrogens (tertiary/aromatic N) is 1. The third-order valence-electron chi connectivity index (χ3n) is 1.90. The number of hydrogen-bond acceptors (Lipinski definition) is 3. The lowest BCUT2D eigenvalue weighted by atomic mass is 9.93. The van der Waals surface area contributed by atoms with Gasteiger partial charge < -0.3 is 16.0 Å². The number of rotatable bonds is 5. The first-order valence-corrected chi connectivity index (χ1v) is 4.92. The first-order chi connectivity index (χ1) is 6.24. The molecule has 0 aromatic carbocycles. The summed E-state index contributed by atoms with van der Waals surface area (Å²) in [6, 6.07) is -0.426. The molecule has 3 N–H and O–H groups in total. The highest BCUT2D eigenvalue weighted by Gasteiger charge is 2.20. The van der Waals surface area contributed by atoms with Crippen molar-refractivity contribution in [2.24, 2.45) is 11.1 Å². The molecular formula is C10H23N3O. The number of nitrogens with two attached hydrogens (primary N) is 1. The van der Waals surface area contributed by atoms with E-state index in [0.717, 1.165) is 6.54 Å². The van der Waals surface area contributed by atoms with E-state index in [1.54, 1.807) is 6.92 Å². The molecule has 0 spiro atoms. The normalized spacial score (nSPS) is 14.2. The van der Waals surface area contributed by atoms with E-state index in [-0.39, 0.29) is 11.3 Å². The van der Waals surface area contributed by atoms with Gasteiger partial charge in [0.15, 0.2) is 0 Å². The van der Waals surface area contributed by atoms with Crippen molar-refractivity contribution in [1.82, 2.24) is 10.2 Å². The summed E-state index contributed by atoms with van der Waals surface area (Å²) < 4.78 is 0. The van der Waals surface area contributed by atoms with Gasteiger partial charge in [0.25, 0.3) is 0 Å². The molecule has 4 heteroatoms. The van der Waals surface area contributed by atoms with Crippen LogP contribution in [0, 0.1) is 5.41 Å². The predicted octanol–water partition coefficient (Wildman–Crippen LogP) is 0.0376. The Morgan fingerprint density at radius 2 is 2.00 bits per heavy atom. The molecule has 0 heterocycles. The second-order valence-corrected chi connectivity index (χ2v) is 4.91. The Kier molecular flexibility index (Phi) is 5.08. The van der Waals surface area contributed by atoms with Gasteiger partial charge in [-0.3, -0.25) is 4.79 Å². The van der Waals surface area contributed by atoms with Crippen molar-refractivity contribution >= 4 is 5.91 Å². The summed E-state index contributed by atoms with van der Waals surface area (Å²) in [5.74, 6) is -0.0863. The summed E-state index contributed by atoms with van der Waals surface area (Å²) in [5.41, 5.74) is 5.52. The van der Waals surface area contributed by atoms with E-state index in [9.17, 15) is 4.79 Å². The Bertz CT molecular complexity index is 188. The number of amides is 1. The summed E-state index contributed by atoms with van der Waals surface area (Å²) in [4.78, 5) is 13.3. The molecular weight excluding hydrogens is 178 g/mol. The van der Waals surface area contributed by atoms with Gasteiger partial charge >= 0.3 is 0 Å².